The molecule has 0 aliphatic carbocycles. The van der Waals surface area contributed by atoms with Crippen LogP contribution in [-0.4, -0.2) is 59.6 Å². The predicted molar refractivity (Wildman–Crippen MR) is 152 cm³/mol. The average Bonchev–Trinajstić information content (AvgIpc) is 3.17. The Labute approximate surface area is 234 Å². The molecule has 1 aliphatic rings. The Balaban J connectivity index is 0.00000420. The van der Waals surface area contributed by atoms with Crippen LogP contribution in [0.3, 0.4) is 0 Å². The highest BCUT2D eigenvalue weighted by Crippen LogP contribution is 2.33. The molecule has 4 N–H and O–H groups in total. The molecule has 0 aromatic heterocycles. The van der Waals surface area contributed by atoms with Gasteiger partial charge in [-0.25, -0.2) is 0 Å². The summed E-state index contributed by atoms with van der Waals surface area (Å²) in [4.78, 5) is 26.7. The van der Waals surface area contributed by atoms with Gasteiger partial charge in [0.25, 0.3) is 5.91 Å². The second kappa shape index (κ2) is 13.3. The molecular formula is C30H34ClN3O5. The lowest BCUT2D eigenvalue weighted by atomic mass is 9.96. The Morgan fingerprint density at radius 2 is 1.67 bits per heavy atom. The first-order valence-electron chi connectivity index (χ1n) is 12.6. The van der Waals surface area contributed by atoms with Gasteiger partial charge in [-0.1, -0.05) is 66.7 Å². The maximum absolute atomic E-state index is 13.2. The number of amidine groups is 1. The van der Waals surface area contributed by atoms with Gasteiger partial charge in [0.2, 0.25) is 0 Å². The summed E-state index contributed by atoms with van der Waals surface area (Å²) in [6.45, 7) is 0.633. The minimum atomic E-state index is -1.80. The van der Waals surface area contributed by atoms with Crippen molar-refractivity contribution in [1.29, 1.82) is 5.41 Å². The van der Waals surface area contributed by atoms with Crippen molar-refractivity contribution >= 4 is 30.1 Å². The van der Waals surface area contributed by atoms with E-state index in [1.54, 1.807) is 17.0 Å². The van der Waals surface area contributed by atoms with Crippen molar-refractivity contribution < 1.29 is 24.2 Å². The summed E-state index contributed by atoms with van der Waals surface area (Å²) < 4.78 is 10.7. The van der Waals surface area contributed by atoms with Crippen molar-refractivity contribution in [3.63, 3.8) is 0 Å². The first kappa shape index (κ1) is 29.7. The molecule has 3 aromatic rings. The number of amides is 1. The fraction of sp³-hybridized carbons (Fsp3) is 0.300. The van der Waals surface area contributed by atoms with Gasteiger partial charge in [0.1, 0.15) is 18.2 Å². The predicted octanol–water partition coefficient (Wildman–Crippen LogP) is 3.97. The second-order valence-electron chi connectivity index (χ2n) is 9.56. The number of aryl methyl sites for hydroxylation is 1. The minimum Gasteiger partial charge on any atom is -0.491 e. The average molecular weight is 552 g/mol. The Morgan fingerprint density at radius 1 is 1.05 bits per heavy atom. The molecule has 1 fully saturated rings. The van der Waals surface area contributed by atoms with E-state index in [-0.39, 0.29) is 43.7 Å². The van der Waals surface area contributed by atoms with Crippen molar-refractivity contribution in [2.45, 2.75) is 37.3 Å². The number of nitrogen functional groups attached to an aromatic ring is 1. The highest BCUT2D eigenvalue weighted by Gasteiger charge is 2.51. The molecule has 206 valence electrons. The number of halogens is 1. The van der Waals surface area contributed by atoms with E-state index in [9.17, 15) is 14.7 Å². The molecule has 1 aliphatic heterocycles. The van der Waals surface area contributed by atoms with E-state index in [4.69, 9.17) is 20.6 Å². The normalized spacial score (nSPS) is 18.4. The molecule has 3 aromatic carbocycles. The maximum atomic E-state index is 13.2. The van der Waals surface area contributed by atoms with Crippen molar-refractivity contribution in [1.82, 2.24) is 4.90 Å². The number of benzene rings is 3. The third-order valence-corrected chi connectivity index (χ3v) is 6.87. The number of carbonyl (C=O) groups excluding carboxylic acids is 2. The first-order valence-corrected chi connectivity index (χ1v) is 12.6. The van der Waals surface area contributed by atoms with Crippen LogP contribution >= 0.6 is 12.4 Å². The van der Waals surface area contributed by atoms with E-state index < -0.39 is 17.5 Å². The maximum Gasteiger partial charge on any atom is 0.308 e. The van der Waals surface area contributed by atoms with Crippen LogP contribution in [0.5, 0.6) is 5.75 Å². The molecular weight excluding hydrogens is 518 g/mol. The molecule has 39 heavy (non-hydrogen) atoms. The van der Waals surface area contributed by atoms with Gasteiger partial charge in [0.15, 0.2) is 5.60 Å². The van der Waals surface area contributed by atoms with E-state index >= 15 is 0 Å². The smallest absolute Gasteiger partial charge is 0.308 e. The fourth-order valence-electron chi connectivity index (χ4n) is 4.79. The Kier molecular flexibility index (Phi) is 10.1. The first-order chi connectivity index (χ1) is 18.3. The summed E-state index contributed by atoms with van der Waals surface area (Å²) in [5.74, 6) is -0.431. The number of ether oxygens (including phenoxy) is 2. The molecule has 1 saturated heterocycles. The number of aliphatic hydroxyl groups is 1. The number of methoxy groups -OCH3 is 1. The number of nitrogens with one attached hydrogen (secondary N) is 1. The third kappa shape index (κ3) is 7.37. The molecule has 1 heterocycles. The van der Waals surface area contributed by atoms with Gasteiger partial charge >= 0.3 is 5.97 Å². The van der Waals surface area contributed by atoms with Crippen LogP contribution in [-0.2, 0) is 20.7 Å². The molecule has 8 nitrogen and oxygen atoms in total. The number of likely N-dealkylation sites (tertiary alicyclic amines) is 1. The lowest BCUT2D eigenvalue weighted by Crippen LogP contribution is -2.43. The van der Waals surface area contributed by atoms with Gasteiger partial charge in [0, 0.05) is 18.5 Å². The van der Waals surface area contributed by atoms with Crippen molar-refractivity contribution in [3.8, 4) is 16.9 Å². The number of rotatable bonds is 11. The molecule has 0 bridgehead atoms. The van der Waals surface area contributed by atoms with Crippen LogP contribution in [0.15, 0.2) is 78.9 Å². The largest absolute Gasteiger partial charge is 0.491 e. The highest BCUT2D eigenvalue weighted by molar-refractivity contribution is 5.95. The summed E-state index contributed by atoms with van der Waals surface area (Å²) >= 11 is 0. The highest BCUT2D eigenvalue weighted by atomic mass is 35.5. The van der Waals surface area contributed by atoms with E-state index in [0.29, 0.717) is 17.9 Å². The van der Waals surface area contributed by atoms with Gasteiger partial charge in [-0.2, -0.15) is 0 Å². The summed E-state index contributed by atoms with van der Waals surface area (Å²) in [7, 11) is 1.24. The number of esters is 1. The topological polar surface area (TPSA) is 126 Å². The second-order valence-corrected chi connectivity index (χ2v) is 9.56. The van der Waals surface area contributed by atoms with Crippen LogP contribution in [0.4, 0.5) is 0 Å². The Morgan fingerprint density at radius 3 is 2.26 bits per heavy atom. The number of nitrogens with two attached hydrogens (primary N) is 1. The zero-order valence-electron chi connectivity index (χ0n) is 21.8. The Bertz CT molecular complexity index is 1270. The summed E-state index contributed by atoms with van der Waals surface area (Å²) in [6.07, 6.45) is 1.22. The molecule has 0 radical (unpaired) electrons. The lowest BCUT2D eigenvalue weighted by Gasteiger charge is -2.25. The van der Waals surface area contributed by atoms with Crippen molar-refractivity contribution in [2.75, 3.05) is 20.3 Å². The van der Waals surface area contributed by atoms with Crippen LogP contribution in [0, 0.1) is 5.41 Å². The van der Waals surface area contributed by atoms with Gasteiger partial charge in [-0.3, -0.25) is 15.0 Å². The van der Waals surface area contributed by atoms with Crippen LogP contribution in [0.1, 0.15) is 30.4 Å². The molecule has 0 spiro atoms. The van der Waals surface area contributed by atoms with E-state index in [0.717, 1.165) is 24.0 Å². The molecule has 4 rings (SSSR count). The van der Waals surface area contributed by atoms with Crippen LogP contribution in [0.2, 0.25) is 0 Å². The van der Waals surface area contributed by atoms with E-state index in [1.807, 2.05) is 66.7 Å². The molecule has 1 amide bonds. The molecule has 2 atom stereocenters. The van der Waals surface area contributed by atoms with Gasteiger partial charge in [0.05, 0.1) is 19.6 Å². The van der Waals surface area contributed by atoms with Crippen molar-refractivity contribution in [2.24, 2.45) is 5.73 Å². The van der Waals surface area contributed by atoms with Crippen LogP contribution < -0.4 is 10.5 Å². The number of hydrogen-bond acceptors (Lipinski definition) is 6. The summed E-state index contributed by atoms with van der Waals surface area (Å²) in [5, 5.41) is 18.6. The molecule has 0 saturated carbocycles. The third-order valence-electron chi connectivity index (χ3n) is 6.87. The monoisotopic (exact) mass is 551 g/mol. The minimum absolute atomic E-state index is 0. The summed E-state index contributed by atoms with van der Waals surface area (Å²) in [5.41, 5.74) is 7.54. The van der Waals surface area contributed by atoms with Gasteiger partial charge < -0.3 is 25.2 Å². The molecule has 0 unspecified atom stereocenters. The van der Waals surface area contributed by atoms with E-state index in [2.05, 4.69) is 0 Å². The quantitative estimate of drug-likeness (QED) is 0.188. The number of carbonyl (C=O) groups is 2. The van der Waals surface area contributed by atoms with Crippen LogP contribution in [0.25, 0.3) is 11.1 Å². The SMILES string of the molecule is COC(=O)C[C@@]1(O)C[C@@H](COc2ccc(-c3ccc(C(=N)N)cc3)cc2)N(CCCc2ccccc2)C1=O.Cl. The molecule has 9 heteroatoms. The number of hydrogen-bond donors (Lipinski definition) is 3. The Hall–Kier alpha value is -3.88. The lowest BCUT2D eigenvalue weighted by molar-refractivity contribution is -0.155. The van der Waals surface area contributed by atoms with E-state index in [1.165, 1.54) is 12.7 Å². The zero-order valence-corrected chi connectivity index (χ0v) is 22.7. The van der Waals surface area contributed by atoms with Gasteiger partial charge in [-0.15, -0.1) is 12.4 Å². The van der Waals surface area contributed by atoms with Gasteiger partial charge in [-0.05, 0) is 41.7 Å². The van der Waals surface area contributed by atoms with Crippen molar-refractivity contribution in [3.05, 3.63) is 90.0 Å². The number of nitrogens with zero attached hydrogens (tertiary/aromatic N) is 1. The fourth-order valence-corrected chi connectivity index (χ4v) is 4.79. The zero-order chi connectivity index (χ0) is 27.1. The summed E-state index contributed by atoms with van der Waals surface area (Å²) in [6, 6.07) is 24.6. The standard InChI is InChI=1S/C30H33N3O5.ClH/c1-37-27(34)19-30(36)18-25(33(29(30)35)17-5-8-21-6-3-2-4-7-21)20-38-26-15-13-23(14-16-26)22-9-11-24(12-10-22)28(31)32;/h2-4,6-7,9-16,25,36H,5,8,17-20H2,1H3,(H3,31,32);1H/t25-,30-;/m0./s1.